The minimum absolute atomic E-state index is 0.210. The third-order valence-electron chi connectivity index (χ3n) is 7.57. The van der Waals surface area contributed by atoms with Crippen molar-refractivity contribution in [3.05, 3.63) is 69.5 Å². The molecule has 1 fully saturated rings. The van der Waals surface area contributed by atoms with Gasteiger partial charge < -0.3 is 9.80 Å². The number of benzene rings is 2. The van der Waals surface area contributed by atoms with Crippen LogP contribution in [0, 0.1) is 41.5 Å². The van der Waals surface area contributed by atoms with Crippen LogP contribution in [0.25, 0.3) is 0 Å². The maximum atomic E-state index is 2.61. The smallest absolute Gasteiger partial charge is 0.109 e. The number of unbranched alkanes of at least 4 members (excludes halogenated alkanes) is 3. The molecule has 0 spiro atoms. The van der Waals surface area contributed by atoms with E-state index < -0.39 is 0 Å². The Labute approximate surface area is 223 Å². The predicted molar refractivity (Wildman–Crippen MR) is 165 cm³/mol. The maximum Gasteiger partial charge on any atom is 0.109 e. The van der Waals surface area contributed by atoms with Gasteiger partial charge in [0.25, 0.3) is 0 Å². The van der Waals surface area contributed by atoms with E-state index in [1.165, 1.54) is 108 Å². The molecule has 1 heterocycles. The van der Waals surface area contributed by atoms with Crippen LogP contribution < -0.4 is 9.80 Å². The molecule has 2 aromatic rings. The van der Waals surface area contributed by atoms with E-state index in [4.69, 9.17) is 0 Å². The summed E-state index contributed by atoms with van der Waals surface area (Å²) in [5, 5.41) is 0. The number of hydrogen-bond donors (Lipinski definition) is 0. The first-order valence-corrected chi connectivity index (χ1v) is 16.3. The summed E-state index contributed by atoms with van der Waals surface area (Å²) in [6.07, 6.45) is 14.9. The highest BCUT2D eigenvalue weighted by Crippen LogP contribution is 2.40. The number of anilines is 2. The van der Waals surface area contributed by atoms with Crippen molar-refractivity contribution in [2.24, 2.45) is 0 Å². The molecule has 0 unspecified atom stereocenters. The first-order valence-electron chi connectivity index (χ1n) is 14.4. The second-order valence-corrected chi connectivity index (χ2v) is 13.7. The van der Waals surface area contributed by atoms with Crippen molar-refractivity contribution in [1.82, 2.24) is 0 Å². The van der Waals surface area contributed by atoms with E-state index in [1.807, 2.05) is 0 Å². The second-order valence-electron chi connectivity index (χ2n) is 11.1. The fraction of sp³-hybridized carbons (Fsp3) is 0.576. The van der Waals surface area contributed by atoms with Gasteiger partial charge in [-0.1, -0.05) is 62.1 Å². The van der Waals surface area contributed by atoms with Gasteiger partial charge in [-0.25, -0.2) is 0 Å². The summed E-state index contributed by atoms with van der Waals surface area (Å²) < 4.78 is 0. The van der Waals surface area contributed by atoms with Crippen LogP contribution in [0.1, 0.15) is 85.8 Å². The van der Waals surface area contributed by atoms with E-state index in [1.54, 1.807) is 0 Å². The van der Waals surface area contributed by atoms with Crippen molar-refractivity contribution in [2.75, 3.05) is 41.4 Å². The van der Waals surface area contributed by atoms with Crippen LogP contribution in [0.5, 0.6) is 0 Å². The lowest BCUT2D eigenvalue weighted by molar-refractivity contribution is 0.856. The fourth-order valence-electron chi connectivity index (χ4n) is 6.09. The summed E-state index contributed by atoms with van der Waals surface area (Å²) in [5.74, 6) is 1.39. The van der Waals surface area contributed by atoms with E-state index >= 15 is 0 Å². The molecule has 1 saturated heterocycles. The highest BCUT2D eigenvalue weighted by atomic mass is 31.1. The normalized spacial score (nSPS) is 13.9. The van der Waals surface area contributed by atoms with Crippen LogP contribution in [-0.4, -0.2) is 31.6 Å². The fourth-order valence-corrected chi connectivity index (χ4v) is 8.92. The Kier molecular flexibility index (Phi) is 10.9. The van der Waals surface area contributed by atoms with Crippen LogP contribution in [-0.2, 0) is 0 Å². The molecule has 36 heavy (non-hydrogen) atoms. The minimum atomic E-state index is 0.210. The van der Waals surface area contributed by atoms with Crippen molar-refractivity contribution < 1.29 is 0 Å². The van der Waals surface area contributed by atoms with Crippen LogP contribution in [0.2, 0.25) is 0 Å². The molecule has 0 N–H and O–H groups in total. The topological polar surface area (TPSA) is 6.48 Å². The van der Waals surface area contributed by atoms with Crippen molar-refractivity contribution in [1.29, 1.82) is 0 Å². The molecule has 0 radical (unpaired) electrons. The molecule has 0 atom stereocenters. The zero-order valence-corrected chi connectivity index (χ0v) is 25.4. The second kappa shape index (κ2) is 13.7. The molecule has 2 nitrogen and oxygen atoms in total. The highest BCUT2D eigenvalue weighted by Gasteiger charge is 2.30. The molecule has 0 aromatic heterocycles. The first kappa shape index (κ1) is 28.8. The summed E-state index contributed by atoms with van der Waals surface area (Å²) >= 11 is 0. The molecule has 2 aromatic carbocycles. The molecule has 198 valence electrons. The van der Waals surface area contributed by atoms with Crippen molar-refractivity contribution in [3.63, 3.8) is 0 Å². The van der Waals surface area contributed by atoms with Gasteiger partial charge in [0.15, 0.2) is 0 Å². The van der Waals surface area contributed by atoms with Crippen molar-refractivity contribution >= 4 is 19.3 Å². The number of rotatable bonds is 12. The van der Waals surface area contributed by atoms with Gasteiger partial charge in [-0.2, -0.15) is 0 Å². The van der Waals surface area contributed by atoms with E-state index in [9.17, 15) is 0 Å². The summed E-state index contributed by atoms with van der Waals surface area (Å²) in [7, 11) is 0.210. The van der Waals surface area contributed by atoms with Gasteiger partial charge in [0.1, 0.15) is 5.82 Å². The minimum Gasteiger partial charge on any atom is -0.326 e. The Morgan fingerprint density at radius 3 is 1.42 bits per heavy atom. The van der Waals surface area contributed by atoms with Crippen molar-refractivity contribution in [3.8, 4) is 0 Å². The van der Waals surface area contributed by atoms with Gasteiger partial charge in [-0.3, -0.25) is 0 Å². The van der Waals surface area contributed by atoms with Crippen LogP contribution >= 0.6 is 7.92 Å². The lowest BCUT2D eigenvalue weighted by Crippen LogP contribution is -2.25. The molecule has 0 bridgehead atoms. The zero-order chi connectivity index (χ0) is 26.2. The Morgan fingerprint density at radius 2 is 1.03 bits per heavy atom. The quantitative estimate of drug-likeness (QED) is 0.209. The van der Waals surface area contributed by atoms with Crippen molar-refractivity contribution in [2.45, 2.75) is 93.9 Å². The number of allylic oxidation sites excluding steroid dienone is 1. The average Bonchev–Trinajstić information content (AvgIpc) is 3.19. The van der Waals surface area contributed by atoms with E-state index in [-0.39, 0.29) is 7.92 Å². The summed E-state index contributed by atoms with van der Waals surface area (Å²) in [5.41, 5.74) is 11.1. The molecule has 0 saturated carbocycles. The van der Waals surface area contributed by atoms with Gasteiger partial charge in [-0.05, 0) is 114 Å². The van der Waals surface area contributed by atoms with Gasteiger partial charge in [0.05, 0.1) is 0 Å². The Hall–Kier alpha value is -1.79. The standard InChI is InChI=1S/C33H51N2P/c1-9-11-18-36(19-12-10-2)20-14-13-15-31-34(32-27(5)21-25(3)22-28(32)6)16-17-35(31)33-29(7)23-26(4)24-30(33)8/h15,21-24H,9-14,16-20H2,1-8H3. The molecule has 1 aliphatic heterocycles. The SMILES string of the molecule is CCCCP(CCCC)CCCC=C1N(c2c(C)cc(C)cc2C)CCN1c1c(C)cc(C)cc1C. The molecule has 3 rings (SSSR count). The summed E-state index contributed by atoms with van der Waals surface area (Å²) in [4.78, 5) is 5.22. The van der Waals surface area contributed by atoms with Gasteiger partial charge in [0, 0.05) is 24.5 Å². The molecule has 1 aliphatic rings. The first-order chi connectivity index (χ1) is 17.3. The third-order valence-corrected chi connectivity index (χ3v) is 10.4. The largest absolute Gasteiger partial charge is 0.326 e. The lowest BCUT2D eigenvalue weighted by Gasteiger charge is -2.30. The molecular formula is C33H51N2P. The molecule has 0 aliphatic carbocycles. The Bertz CT molecular complexity index is 916. The van der Waals surface area contributed by atoms with Gasteiger partial charge in [0.2, 0.25) is 0 Å². The number of nitrogens with zero attached hydrogens (tertiary/aromatic N) is 2. The predicted octanol–water partition coefficient (Wildman–Crippen LogP) is 9.57. The summed E-state index contributed by atoms with van der Waals surface area (Å²) in [6, 6.07) is 9.39. The molecule has 3 heteroatoms. The number of hydrogen-bond acceptors (Lipinski definition) is 2. The van der Waals surface area contributed by atoms with Gasteiger partial charge >= 0.3 is 0 Å². The van der Waals surface area contributed by atoms with Crippen LogP contribution in [0.15, 0.2) is 36.2 Å². The average molecular weight is 507 g/mol. The molecular weight excluding hydrogens is 455 g/mol. The van der Waals surface area contributed by atoms with Gasteiger partial charge in [-0.15, -0.1) is 7.92 Å². The highest BCUT2D eigenvalue weighted by molar-refractivity contribution is 7.57. The zero-order valence-electron chi connectivity index (χ0n) is 24.5. The third kappa shape index (κ3) is 7.16. The summed E-state index contributed by atoms with van der Waals surface area (Å²) in [6.45, 7) is 20.3. The van der Waals surface area contributed by atoms with E-state index in [2.05, 4.69) is 95.5 Å². The Morgan fingerprint density at radius 1 is 0.639 bits per heavy atom. The van der Waals surface area contributed by atoms with E-state index in [0.29, 0.717) is 0 Å². The van der Waals surface area contributed by atoms with Crippen LogP contribution in [0.3, 0.4) is 0 Å². The Balaban J connectivity index is 1.89. The maximum absolute atomic E-state index is 2.61. The number of aryl methyl sites for hydroxylation is 6. The van der Waals surface area contributed by atoms with E-state index in [0.717, 1.165) is 13.1 Å². The molecule has 0 amide bonds. The van der Waals surface area contributed by atoms with Crippen LogP contribution in [0.4, 0.5) is 11.4 Å². The lowest BCUT2D eigenvalue weighted by atomic mass is 10.0. The monoisotopic (exact) mass is 506 g/mol.